The number of hydrogen-bond acceptors (Lipinski definition) is 4. The molecule has 1 aliphatic rings. The molecule has 1 fully saturated rings. The van der Waals surface area contributed by atoms with Crippen LogP contribution < -0.4 is 14.8 Å². The molecule has 100 valence electrons. The number of hydrogen-bond donors (Lipinski definition) is 1. The average Bonchev–Trinajstić information content (AvgIpc) is 2.35. The minimum absolute atomic E-state index is 0.291. The highest BCUT2D eigenvalue weighted by Gasteiger charge is 2.26. The maximum atomic E-state index is 6.08. The van der Waals surface area contributed by atoms with Gasteiger partial charge in [0.25, 0.3) is 0 Å². The predicted molar refractivity (Wildman–Crippen MR) is 72.5 cm³/mol. The minimum atomic E-state index is 0.291. The third kappa shape index (κ3) is 2.94. The molecule has 1 N–H and O–H groups in total. The van der Waals surface area contributed by atoms with E-state index >= 15 is 0 Å². The van der Waals surface area contributed by atoms with Crippen LogP contribution in [0.1, 0.15) is 5.56 Å². The summed E-state index contributed by atoms with van der Waals surface area (Å²) in [6, 6.07) is 6.09. The summed E-state index contributed by atoms with van der Waals surface area (Å²) in [4.78, 5) is 2.24. The van der Waals surface area contributed by atoms with E-state index in [2.05, 4.69) is 23.3 Å². The van der Waals surface area contributed by atoms with Gasteiger partial charge in [-0.1, -0.05) is 12.1 Å². The summed E-state index contributed by atoms with van der Waals surface area (Å²) in [5.74, 6) is 1.74. The van der Waals surface area contributed by atoms with Crippen molar-refractivity contribution in [3.8, 4) is 11.5 Å². The molecule has 2 rings (SSSR count). The van der Waals surface area contributed by atoms with Gasteiger partial charge in [-0.05, 0) is 38.7 Å². The fraction of sp³-hybridized carbons (Fsp3) is 0.571. The monoisotopic (exact) mass is 250 g/mol. The lowest BCUT2D eigenvalue weighted by Gasteiger charge is -2.36. The van der Waals surface area contributed by atoms with Gasteiger partial charge in [0.05, 0.1) is 7.11 Å². The molecule has 0 radical (unpaired) electrons. The second kappa shape index (κ2) is 6.07. The van der Waals surface area contributed by atoms with E-state index in [4.69, 9.17) is 9.47 Å². The minimum Gasteiger partial charge on any atom is -0.493 e. The number of nitrogens with one attached hydrogen (secondary N) is 1. The Morgan fingerprint density at radius 1 is 1.39 bits per heavy atom. The number of benzene rings is 1. The Morgan fingerprint density at radius 2 is 2.17 bits per heavy atom. The van der Waals surface area contributed by atoms with Crippen molar-refractivity contribution in [3.05, 3.63) is 23.8 Å². The Morgan fingerprint density at radius 3 is 2.78 bits per heavy atom. The van der Waals surface area contributed by atoms with Crippen molar-refractivity contribution < 1.29 is 9.47 Å². The van der Waals surface area contributed by atoms with Crippen molar-refractivity contribution in [2.24, 2.45) is 0 Å². The van der Waals surface area contributed by atoms with Crippen LogP contribution in [0.5, 0.6) is 11.5 Å². The largest absolute Gasteiger partial charge is 0.493 e. The maximum absolute atomic E-state index is 6.08. The molecule has 4 nitrogen and oxygen atoms in total. The number of likely N-dealkylation sites (tertiary alicyclic amines) is 1. The topological polar surface area (TPSA) is 33.7 Å². The van der Waals surface area contributed by atoms with Crippen molar-refractivity contribution in [2.45, 2.75) is 12.5 Å². The molecule has 1 saturated heterocycles. The number of likely N-dealkylation sites (N-methyl/N-ethyl adjacent to an activating group) is 2. The standard InChI is InChI=1S/C14H22N2O2/c1-15-8-7-11-5-4-6-13(17-3)14(11)18-12-9-16(2)10-12/h4-6,12,15H,7-10H2,1-3H3. The Hall–Kier alpha value is -1.26. The van der Waals surface area contributed by atoms with Crippen LogP contribution in [0.2, 0.25) is 0 Å². The van der Waals surface area contributed by atoms with Crippen molar-refractivity contribution in [2.75, 3.05) is 40.8 Å². The molecule has 0 amide bonds. The average molecular weight is 250 g/mol. The van der Waals surface area contributed by atoms with E-state index in [1.54, 1.807) is 7.11 Å². The van der Waals surface area contributed by atoms with Crippen LogP contribution >= 0.6 is 0 Å². The highest BCUT2D eigenvalue weighted by atomic mass is 16.5. The molecule has 0 atom stereocenters. The van der Waals surface area contributed by atoms with Gasteiger partial charge < -0.3 is 14.8 Å². The quantitative estimate of drug-likeness (QED) is 0.821. The molecule has 0 bridgehead atoms. The summed E-state index contributed by atoms with van der Waals surface area (Å²) in [6.45, 7) is 2.92. The molecular formula is C14H22N2O2. The second-order valence-electron chi connectivity index (χ2n) is 4.76. The van der Waals surface area contributed by atoms with Crippen molar-refractivity contribution in [1.82, 2.24) is 10.2 Å². The first-order valence-electron chi connectivity index (χ1n) is 6.40. The lowest BCUT2D eigenvalue weighted by Crippen LogP contribution is -2.51. The fourth-order valence-corrected chi connectivity index (χ4v) is 2.20. The zero-order chi connectivity index (χ0) is 13.0. The molecule has 0 spiro atoms. The van der Waals surface area contributed by atoms with E-state index in [0.717, 1.165) is 37.6 Å². The van der Waals surface area contributed by atoms with Crippen LogP contribution in [0.25, 0.3) is 0 Å². The van der Waals surface area contributed by atoms with Crippen LogP contribution in [0.3, 0.4) is 0 Å². The van der Waals surface area contributed by atoms with E-state index in [1.165, 1.54) is 5.56 Å². The second-order valence-corrected chi connectivity index (χ2v) is 4.76. The Bertz CT molecular complexity index is 389. The van der Waals surface area contributed by atoms with Gasteiger partial charge in [-0.25, -0.2) is 0 Å². The van der Waals surface area contributed by atoms with Gasteiger partial charge in [0.15, 0.2) is 11.5 Å². The van der Waals surface area contributed by atoms with E-state index in [1.807, 2.05) is 19.2 Å². The van der Waals surface area contributed by atoms with E-state index in [0.29, 0.717) is 6.10 Å². The van der Waals surface area contributed by atoms with Gasteiger partial charge in [0.2, 0.25) is 0 Å². The third-order valence-electron chi connectivity index (χ3n) is 3.24. The summed E-state index contributed by atoms with van der Waals surface area (Å²) in [5.41, 5.74) is 1.21. The summed E-state index contributed by atoms with van der Waals surface area (Å²) in [6.07, 6.45) is 1.24. The van der Waals surface area contributed by atoms with Crippen molar-refractivity contribution in [1.29, 1.82) is 0 Å². The molecule has 0 aromatic heterocycles. The number of nitrogens with zero attached hydrogens (tertiary/aromatic N) is 1. The van der Waals surface area contributed by atoms with Crippen molar-refractivity contribution >= 4 is 0 Å². The predicted octanol–water partition coefficient (Wildman–Crippen LogP) is 1.15. The fourth-order valence-electron chi connectivity index (χ4n) is 2.20. The first-order valence-corrected chi connectivity index (χ1v) is 6.40. The van der Waals surface area contributed by atoms with Crippen LogP contribution in [-0.4, -0.2) is 51.8 Å². The SMILES string of the molecule is CNCCc1cccc(OC)c1OC1CN(C)C1. The Labute approximate surface area is 109 Å². The summed E-state index contributed by atoms with van der Waals surface area (Å²) in [5, 5.41) is 3.16. The maximum Gasteiger partial charge on any atom is 0.164 e. The van der Waals surface area contributed by atoms with Crippen LogP contribution in [0.15, 0.2) is 18.2 Å². The molecular weight excluding hydrogens is 228 g/mol. The molecule has 0 unspecified atom stereocenters. The lowest BCUT2D eigenvalue weighted by atomic mass is 10.1. The molecule has 1 heterocycles. The zero-order valence-corrected chi connectivity index (χ0v) is 11.4. The summed E-state index contributed by atoms with van der Waals surface area (Å²) in [7, 11) is 5.75. The number of ether oxygens (including phenoxy) is 2. The molecule has 4 heteroatoms. The molecule has 0 saturated carbocycles. The van der Waals surface area contributed by atoms with E-state index < -0.39 is 0 Å². The van der Waals surface area contributed by atoms with Crippen LogP contribution in [0, 0.1) is 0 Å². The lowest BCUT2D eigenvalue weighted by molar-refractivity contribution is 0.0362. The smallest absolute Gasteiger partial charge is 0.164 e. The number of para-hydroxylation sites is 1. The zero-order valence-electron chi connectivity index (χ0n) is 11.4. The molecule has 0 aliphatic carbocycles. The van der Waals surface area contributed by atoms with Gasteiger partial charge in [0.1, 0.15) is 6.10 Å². The van der Waals surface area contributed by atoms with Gasteiger partial charge in [-0.3, -0.25) is 4.90 Å². The highest BCUT2D eigenvalue weighted by Crippen LogP contribution is 2.33. The van der Waals surface area contributed by atoms with Gasteiger partial charge in [-0.2, -0.15) is 0 Å². The van der Waals surface area contributed by atoms with Crippen LogP contribution in [-0.2, 0) is 6.42 Å². The van der Waals surface area contributed by atoms with Crippen LogP contribution in [0.4, 0.5) is 0 Å². The number of methoxy groups -OCH3 is 1. The Kier molecular flexibility index (Phi) is 4.44. The van der Waals surface area contributed by atoms with Gasteiger partial charge >= 0.3 is 0 Å². The molecule has 1 aliphatic heterocycles. The summed E-state index contributed by atoms with van der Waals surface area (Å²) < 4.78 is 11.5. The molecule has 18 heavy (non-hydrogen) atoms. The summed E-state index contributed by atoms with van der Waals surface area (Å²) >= 11 is 0. The molecule has 1 aromatic carbocycles. The van der Waals surface area contributed by atoms with E-state index in [9.17, 15) is 0 Å². The first-order chi connectivity index (χ1) is 8.74. The number of rotatable bonds is 6. The van der Waals surface area contributed by atoms with Crippen molar-refractivity contribution in [3.63, 3.8) is 0 Å². The first kappa shape index (κ1) is 13.2. The molecule has 1 aromatic rings. The highest BCUT2D eigenvalue weighted by molar-refractivity contribution is 5.47. The van der Waals surface area contributed by atoms with Gasteiger partial charge in [0, 0.05) is 13.1 Å². The van der Waals surface area contributed by atoms with E-state index in [-0.39, 0.29) is 0 Å². The normalized spacial score (nSPS) is 16.4. The van der Waals surface area contributed by atoms with Gasteiger partial charge in [-0.15, -0.1) is 0 Å². The Balaban J connectivity index is 2.12. The third-order valence-corrected chi connectivity index (χ3v) is 3.24.